The van der Waals surface area contributed by atoms with Crippen LogP contribution in [0.25, 0.3) is 0 Å². The van der Waals surface area contributed by atoms with Gasteiger partial charge in [0.25, 0.3) is 5.91 Å². The molecule has 1 aromatic carbocycles. The Bertz CT molecular complexity index is 559. The maximum absolute atomic E-state index is 11.9. The van der Waals surface area contributed by atoms with Gasteiger partial charge in [0, 0.05) is 17.3 Å². The number of anilines is 1. The Hall–Kier alpha value is -2.23. The van der Waals surface area contributed by atoms with Gasteiger partial charge in [-0.1, -0.05) is 6.07 Å². The number of hydrogen-bond acceptors (Lipinski definition) is 3. The summed E-state index contributed by atoms with van der Waals surface area (Å²) < 4.78 is 5.25. The first-order valence-corrected chi connectivity index (χ1v) is 6.48. The fourth-order valence-electron chi connectivity index (χ4n) is 1.87. The van der Waals surface area contributed by atoms with Crippen molar-refractivity contribution in [3.05, 3.63) is 54.0 Å². The van der Waals surface area contributed by atoms with Crippen molar-refractivity contribution in [2.24, 2.45) is 0 Å². The van der Waals surface area contributed by atoms with Crippen LogP contribution in [0.2, 0.25) is 0 Å². The smallest absolute Gasteiger partial charge is 0.251 e. The van der Waals surface area contributed by atoms with Crippen LogP contribution in [0.15, 0.2) is 47.1 Å². The molecule has 4 heteroatoms. The highest BCUT2D eigenvalue weighted by Crippen LogP contribution is 2.20. The van der Waals surface area contributed by atoms with Gasteiger partial charge in [0.15, 0.2) is 0 Å². The standard InChI is InChI=1S/C15H16N2O2/c18-15(17-12-6-7-12)11-3-1-4-13(9-11)16-10-14-5-2-8-19-14/h1-5,8-9,12,16H,6-7,10H2,(H,17,18). The average Bonchev–Trinajstić information content (AvgIpc) is 3.09. The SMILES string of the molecule is O=C(NC1CC1)c1cccc(NCc2ccco2)c1. The number of amides is 1. The molecule has 1 aromatic heterocycles. The average molecular weight is 256 g/mol. The van der Waals surface area contributed by atoms with Crippen molar-refractivity contribution < 1.29 is 9.21 Å². The summed E-state index contributed by atoms with van der Waals surface area (Å²) in [5, 5.41) is 6.22. The Morgan fingerprint density at radius 2 is 2.16 bits per heavy atom. The fraction of sp³-hybridized carbons (Fsp3) is 0.267. The van der Waals surface area contributed by atoms with Crippen molar-refractivity contribution >= 4 is 11.6 Å². The molecule has 1 fully saturated rings. The minimum Gasteiger partial charge on any atom is -0.467 e. The van der Waals surface area contributed by atoms with E-state index >= 15 is 0 Å². The van der Waals surface area contributed by atoms with E-state index in [9.17, 15) is 4.79 Å². The van der Waals surface area contributed by atoms with Gasteiger partial charge in [-0.05, 0) is 43.2 Å². The van der Waals surface area contributed by atoms with Gasteiger partial charge in [-0.15, -0.1) is 0 Å². The summed E-state index contributed by atoms with van der Waals surface area (Å²) in [6.45, 7) is 0.612. The van der Waals surface area contributed by atoms with Gasteiger partial charge < -0.3 is 15.1 Å². The number of hydrogen-bond donors (Lipinski definition) is 2. The zero-order valence-corrected chi connectivity index (χ0v) is 10.6. The van der Waals surface area contributed by atoms with Gasteiger partial charge in [-0.2, -0.15) is 0 Å². The Kier molecular flexibility index (Phi) is 3.23. The van der Waals surface area contributed by atoms with E-state index in [0.717, 1.165) is 24.3 Å². The van der Waals surface area contributed by atoms with E-state index < -0.39 is 0 Å². The van der Waals surface area contributed by atoms with Crippen molar-refractivity contribution in [1.82, 2.24) is 5.32 Å². The van der Waals surface area contributed by atoms with Crippen molar-refractivity contribution in [1.29, 1.82) is 0 Å². The molecule has 0 radical (unpaired) electrons. The summed E-state index contributed by atoms with van der Waals surface area (Å²) >= 11 is 0. The second kappa shape index (κ2) is 5.18. The van der Waals surface area contributed by atoms with Gasteiger partial charge >= 0.3 is 0 Å². The molecule has 0 spiro atoms. The molecule has 2 N–H and O–H groups in total. The second-order valence-corrected chi connectivity index (χ2v) is 4.76. The Morgan fingerprint density at radius 1 is 1.26 bits per heavy atom. The predicted octanol–water partition coefficient (Wildman–Crippen LogP) is 2.78. The van der Waals surface area contributed by atoms with E-state index in [-0.39, 0.29) is 5.91 Å². The molecule has 0 unspecified atom stereocenters. The third-order valence-corrected chi connectivity index (χ3v) is 3.08. The van der Waals surface area contributed by atoms with Crippen LogP contribution in [-0.4, -0.2) is 11.9 Å². The molecular weight excluding hydrogens is 240 g/mol. The molecule has 4 nitrogen and oxygen atoms in total. The third-order valence-electron chi connectivity index (χ3n) is 3.08. The summed E-state index contributed by atoms with van der Waals surface area (Å²) in [6, 6.07) is 11.7. The number of nitrogens with one attached hydrogen (secondary N) is 2. The number of carbonyl (C=O) groups is 1. The summed E-state index contributed by atoms with van der Waals surface area (Å²) in [7, 11) is 0. The zero-order chi connectivity index (χ0) is 13.1. The lowest BCUT2D eigenvalue weighted by Gasteiger charge is -2.07. The lowest BCUT2D eigenvalue weighted by Crippen LogP contribution is -2.25. The minimum absolute atomic E-state index is 0.00384. The van der Waals surface area contributed by atoms with E-state index in [2.05, 4.69) is 10.6 Å². The summed E-state index contributed by atoms with van der Waals surface area (Å²) in [4.78, 5) is 11.9. The Labute approximate surface area is 111 Å². The number of carbonyl (C=O) groups excluding carboxylic acids is 1. The quantitative estimate of drug-likeness (QED) is 0.865. The van der Waals surface area contributed by atoms with Gasteiger partial charge in [-0.25, -0.2) is 0 Å². The minimum atomic E-state index is 0.00384. The highest BCUT2D eigenvalue weighted by molar-refractivity contribution is 5.95. The van der Waals surface area contributed by atoms with Crippen molar-refractivity contribution in [2.45, 2.75) is 25.4 Å². The Morgan fingerprint density at radius 3 is 2.89 bits per heavy atom. The van der Waals surface area contributed by atoms with Gasteiger partial charge in [-0.3, -0.25) is 4.79 Å². The molecule has 1 amide bonds. The Balaban J connectivity index is 1.63. The van der Waals surface area contributed by atoms with Crippen LogP contribution < -0.4 is 10.6 Å². The molecule has 98 valence electrons. The van der Waals surface area contributed by atoms with Crippen LogP contribution >= 0.6 is 0 Å². The normalized spacial score (nSPS) is 14.1. The maximum atomic E-state index is 11.9. The highest BCUT2D eigenvalue weighted by atomic mass is 16.3. The van der Waals surface area contributed by atoms with Crippen LogP contribution in [-0.2, 0) is 6.54 Å². The largest absolute Gasteiger partial charge is 0.467 e. The summed E-state index contributed by atoms with van der Waals surface area (Å²) in [5.41, 5.74) is 1.61. The number of rotatable bonds is 5. The second-order valence-electron chi connectivity index (χ2n) is 4.76. The van der Waals surface area contributed by atoms with Crippen LogP contribution in [0.4, 0.5) is 5.69 Å². The third kappa shape index (κ3) is 3.16. The van der Waals surface area contributed by atoms with E-state index in [4.69, 9.17) is 4.42 Å². The van der Waals surface area contributed by atoms with Crippen molar-refractivity contribution in [3.8, 4) is 0 Å². The molecular formula is C15H16N2O2. The van der Waals surface area contributed by atoms with E-state index in [1.165, 1.54) is 0 Å². The molecule has 3 rings (SSSR count). The first-order valence-electron chi connectivity index (χ1n) is 6.48. The molecule has 0 aliphatic heterocycles. The van der Waals surface area contributed by atoms with Gasteiger partial charge in [0.2, 0.25) is 0 Å². The molecule has 1 saturated carbocycles. The molecule has 1 aliphatic carbocycles. The van der Waals surface area contributed by atoms with E-state index in [1.54, 1.807) is 6.26 Å². The molecule has 0 bridgehead atoms. The van der Waals surface area contributed by atoms with Gasteiger partial charge in [0.1, 0.15) is 5.76 Å². The molecule has 1 heterocycles. The highest BCUT2D eigenvalue weighted by Gasteiger charge is 2.23. The molecule has 19 heavy (non-hydrogen) atoms. The van der Waals surface area contributed by atoms with Gasteiger partial charge in [0.05, 0.1) is 12.8 Å². The van der Waals surface area contributed by atoms with Crippen molar-refractivity contribution in [2.75, 3.05) is 5.32 Å². The number of furan rings is 1. The molecule has 0 saturated heterocycles. The maximum Gasteiger partial charge on any atom is 0.251 e. The molecule has 2 aromatic rings. The lowest BCUT2D eigenvalue weighted by atomic mass is 10.2. The molecule has 0 atom stereocenters. The fourth-order valence-corrected chi connectivity index (χ4v) is 1.87. The summed E-state index contributed by atoms with van der Waals surface area (Å²) in [5.74, 6) is 0.872. The predicted molar refractivity (Wildman–Crippen MR) is 73.0 cm³/mol. The summed E-state index contributed by atoms with van der Waals surface area (Å²) in [6.07, 6.45) is 3.85. The lowest BCUT2D eigenvalue weighted by molar-refractivity contribution is 0.0951. The first kappa shape index (κ1) is 11.8. The molecule has 1 aliphatic rings. The number of benzene rings is 1. The van der Waals surface area contributed by atoms with Crippen LogP contribution in [0.1, 0.15) is 29.0 Å². The first-order chi connectivity index (χ1) is 9.31. The van der Waals surface area contributed by atoms with Crippen LogP contribution in [0.5, 0.6) is 0 Å². The van der Waals surface area contributed by atoms with E-state index in [1.807, 2.05) is 36.4 Å². The monoisotopic (exact) mass is 256 g/mol. The van der Waals surface area contributed by atoms with E-state index in [0.29, 0.717) is 18.2 Å². The van der Waals surface area contributed by atoms with Crippen LogP contribution in [0, 0.1) is 0 Å². The topological polar surface area (TPSA) is 54.3 Å². The zero-order valence-electron chi connectivity index (χ0n) is 10.6. The van der Waals surface area contributed by atoms with Crippen molar-refractivity contribution in [3.63, 3.8) is 0 Å². The van der Waals surface area contributed by atoms with Crippen LogP contribution in [0.3, 0.4) is 0 Å².